The minimum Gasteiger partial charge on any atom is -0.310 e. The molecule has 0 radical (unpaired) electrons. The highest BCUT2D eigenvalue weighted by atomic mass is 15.1. The molecule has 0 aromatic heterocycles. The third kappa shape index (κ3) is 6.78. The zero-order valence-corrected chi connectivity index (χ0v) is 36.5. The van der Waals surface area contributed by atoms with Crippen molar-refractivity contribution in [3.63, 3.8) is 0 Å². The van der Waals surface area contributed by atoms with Crippen molar-refractivity contribution in [2.75, 3.05) is 4.90 Å². The Morgan fingerprint density at radius 1 is 0.292 bits per heavy atom. The third-order valence-corrected chi connectivity index (χ3v) is 14.3. The molecule has 2 aliphatic rings. The monoisotopic (exact) mass is 831 g/mol. The maximum Gasteiger partial charge on any atom is 0.0540 e. The zero-order chi connectivity index (χ0) is 43.2. The van der Waals surface area contributed by atoms with Gasteiger partial charge in [0.25, 0.3) is 0 Å². The molecule has 0 amide bonds. The Morgan fingerprint density at radius 2 is 0.785 bits per heavy atom. The molecule has 65 heavy (non-hydrogen) atoms. The average molecular weight is 832 g/mol. The number of fused-ring (bicyclic) bond motifs is 6. The van der Waals surface area contributed by atoms with Crippen molar-refractivity contribution in [2.24, 2.45) is 0 Å². The van der Waals surface area contributed by atoms with Crippen LogP contribution < -0.4 is 4.90 Å². The second-order valence-corrected chi connectivity index (χ2v) is 17.9. The summed E-state index contributed by atoms with van der Waals surface area (Å²) in [6.07, 6.45) is 6.22. The van der Waals surface area contributed by atoms with Crippen molar-refractivity contribution in [3.8, 4) is 66.8 Å². The first-order valence-electron chi connectivity index (χ1n) is 23.3. The van der Waals surface area contributed by atoms with Crippen molar-refractivity contribution >= 4 is 27.8 Å². The molecule has 1 spiro atoms. The Labute approximate surface area is 383 Å². The van der Waals surface area contributed by atoms with Gasteiger partial charge in [0.2, 0.25) is 0 Å². The van der Waals surface area contributed by atoms with Crippen LogP contribution in [0.5, 0.6) is 0 Å². The number of rotatable bonds is 8. The van der Waals surface area contributed by atoms with Crippen LogP contribution >= 0.6 is 0 Å². The molecule has 1 heteroatoms. The second kappa shape index (κ2) is 16.4. The number of hydrogen-bond acceptors (Lipinski definition) is 1. The van der Waals surface area contributed by atoms with Gasteiger partial charge >= 0.3 is 0 Å². The molecule has 2 aliphatic carbocycles. The van der Waals surface area contributed by atoms with Crippen LogP contribution in [-0.2, 0) is 5.41 Å². The molecule has 0 heterocycles. The predicted octanol–water partition coefficient (Wildman–Crippen LogP) is 17.9. The van der Waals surface area contributed by atoms with Crippen LogP contribution in [0.25, 0.3) is 77.5 Å². The highest BCUT2D eigenvalue weighted by molar-refractivity contribution is 5.99. The summed E-state index contributed by atoms with van der Waals surface area (Å²) >= 11 is 0. The van der Waals surface area contributed by atoms with Crippen LogP contribution in [0.15, 0.2) is 237 Å². The quantitative estimate of drug-likeness (QED) is 0.147. The van der Waals surface area contributed by atoms with Crippen molar-refractivity contribution in [3.05, 3.63) is 248 Å². The third-order valence-electron chi connectivity index (χ3n) is 14.3. The molecule has 0 aliphatic heterocycles. The Balaban J connectivity index is 0.998. The molecule has 10 aromatic rings. The fourth-order valence-electron chi connectivity index (χ4n) is 11.3. The van der Waals surface area contributed by atoms with Crippen LogP contribution in [-0.4, -0.2) is 0 Å². The summed E-state index contributed by atoms with van der Waals surface area (Å²) < 4.78 is 0. The highest BCUT2D eigenvalue weighted by Gasteiger charge is 2.44. The van der Waals surface area contributed by atoms with Gasteiger partial charge in [0.1, 0.15) is 0 Å². The van der Waals surface area contributed by atoms with Gasteiger partial charge in [-0.3, -0.25) is 0 Å². The van der Waals surface area contributed by atoms with E-state index in [1.54, 1.807) is 0 Å². The van der Waals surface area contributed by atoms with E-state index in [2.05, 4.69) is 241 Å². The lowest BCUT2D eigenvalue weighted by Crippen LogP contribution is -2.28. The molecule has 1 fully saturated rings. The molecule has 0 unspecified atom stereocenters. The van der Waals surface area contributed by atoms with Gasteiger partial charge in [-0.15, -0.1) is 0 Å². The normalized spacial score (nSPS) is 13.7. The van der Waals surface area contributed by atoms with E-state index in [0.29, 0.717) is 0 Å². The largest absolute Gasteiger partial charge is 0.310 e. The van der Waals surface area contributed by atoms with Gasteiger partial charge < -0.3 is 4.90 Å². The van der Waals surface area contributed by atoms with Crippen molar-refractivity contribution < 1.29 is 0 Å². The van der Waals surface area contributed by atoms with E-state index in [-0.39, 0.29) is 5.41 Å². The summed E-state index contributed by atoms with van der Waals surface area (Å²) in [5.74, 6) is 0. The van der Waals surface area contributed by atoms with Crippen LogP contribution in [0.2, 0.25) is 0 Å². The molecule has 0 saturated heterocycles. The van der Waals surface area contributed by atoms with E-state index in [1.165, 1.54) is 126 Å². The topological polar surface area (TPSA) is 3.24 Å². The Bertz CT molecular complexity index is 3330. The number of benzene rings is 10. The van der Waals surface area contributed by atoms with Crippen LogP contribution in [0.3, 0.4) is 0 Å². The molecule has 10 aromatic carbocycles. The number of para-hydroxylation sites is 1. The smallest absolute Gasteiger partial charge is 0.0540 e. The highest BCUT2D eigenvalue weighted by Crippen LogP contribution is 2.57. The summed E-state index contributed by atoms with van der Waals surface area (Å²) in [6.45, 7) is 0. The molecule has 12 rings (SSSR count). The Kier molecular flexibility index (Phi) is 9.83. The van der Waals surface area contributed by atoms with Crippen molar-refractivity contribution in [1.29, 1.82) is 0 Å². The minimum absolute atomic E-state index is 0.0428. The first-order valence-corrected chi connectivity index (χ1v) is 23.3. The van der Waals surface area contributed by atoms with Gasteiger partial charge in [-0.25, -0.2) is 0 Å². The van der Waals surface area contributed by atoms with E-state index in [9.17, 15) is 0 Å². The minimum atomic E-state index is 0.0428. The second-order valence-electron chi connectivity index (χ2n) is 17.9. The Morgan fingerprint density at radius 3 is 1.54 bits per heavy atom. The van der Waals surface area contributed by atoms with Gasteiger partial charge in [-0.2, -0.15) is 0 Å². The molecular weight excluding hydrogens is 783 g/mol. The van der Waals surface area contributed by atoms with E-state index in [0.717, 1.165) is 11.4 Å². The molecule has 0 atom stereocenters. The lowest BCUT2D eigenvalue weighted by molar-refractivity contribution is 0.353. The molecular formula is C64H49N. The molecule has 1 saturated carbocycles. The molecule has 310 valence electrons. The molecule has 0 bridgehead atoms. The Hall–Kier alpha value is -7.74. The summed E-state index contributed by atoms with van der Waals surface area (Å²) in [5.41, 5.74) is 21.5. The first kappa shape index (κ1) is 38.9. The van der Waals surface area contributed by atoms with Gasteiger partial charge in [0, 0.05) is 22.4 Å². The maximum absolute atomic E-state index is 2.55. The lowest BCUT2D eigenvalue weighted by Gasteiger charge is -2.37. The first-order chi connectivity index (χ1) is 32.2. The maximum atomic E-state index is 2.55. The van der Waals surface area contributed by atoms with Gasteiger partial charge in [0.05, 0.1) is 5.69 Å². The zero-order valence-electron chi connectivity index (χ0n) is 36.5. The van der Waals surface area contributed by atoms with E-state index >= 15 is 0 Å². The number of hydrogen-bond donors (Lipinski definition) is 0. The lowest BCUT2D eigenvalue weighted by atomic mass is 9.68. The van der Waals surface area contributed by atoms with Gasteiger partial charge in [-0.1, -0.05) is 226 Å². The van der Waals surface area contributed by atoms with E-state index in [4.69, 9.17) is 0 Å². The number of nitrogens with zero attached hydrogens (tertiary/aromatic N) is 1. The van der Waals surface area contributed by atoms with Crippen LogP contribution in [0.4, 0.5) is 17.1 Å². The summed E-state index contributed by atoms with van der Waals surface area (Å²) in [7, 11) is 0. The fraction of sp³-hybridized carbons (Fsp3) is 0.0938. The molecule has 0 N–H and O–H groups in total. The summed E-state index contributed by atoms with van der Waals surface area (Å²) in [6, 6.07) is 87.7. The van der Waals surface area contributed by atoms with Crippen molar-refractivity contribution in [1.82, 2.24) is 0 Å². The predicted molar refractivity (Wildman–Crippen MR) is 275 cm³/mol. The van der Waals surface area contributed by atoms with E-state index < -0.39 is 0 Å². The standard InChI is InChI=1S/C64H49N/c1-3-18-47(19-4-1)54-23-7-8-24-55(54)56-25-9-10-26-57(56)60-28-12-14-31-63(60)65(51-40-41-59-58-27-11-13-30-61(58)64(62(59)44-51)42-15-2-16-43-64)50-38-36-46(37-39-50)45-32-34-49(35-33-45)53-29-17-21-48-20-5-6-22-52(48)53/h1,3-14,17-41,44H,2,15-16,42-43H2. The average Bonchev–Trinajstić information content (AvgIpc) is 3.64. The molecule has 1 nitrogen and oxygen atoms in total. The van der Waals surface area contributed by atoms with Gasteiger partial charge in [0.15, 0.2) is 0 Å². The van der Waals surface area contributed by atoms with Gasteiger partial charge in [-0.05, 0) is 126 Å². The number of anilines is 3. The fourth-order valence-corrected chi connectivity index (χ4v) is 11.3. The summed E-state index contributed by atoms with van der Waals surface area (Å²) in [4.78, 5) is 2.52. The van der Waals surface area contributed by atoms with E-state index in [1.807, 2.05) is 0 Å². The summed E-state index contributed by atoms with van der Waals surface area (Å²) in [5, 5.41) is 2.54. The van der Waals surface area contributed by atoms with Crippen LogP contribution in [0.1, 0.15) is 43.2 Å². The van der Waals surface area contributed by atoms with Crippen LogP contribution in [0, 0.1) is 0 Å². The SMILES string of the molecule is c1ccc(-c2ccccc2-c2ccccc2-c2ccccc2N(c2ccc(-c3ccc(-c4cccc5ccccc45)cc3)cc2)c2ccc3c(c2)C2(CCCCC2)c2ccccc2-3)cc1. The van der Waals surface area contributed by atoms with Crippen molar-refractivity contribution in [2.45, 2.75) is 37.5 Å².